The van der Waals surface area contributed by atoms with E-state index in [-0.39, 0.29) is 18.4 Å². The molecule has 2 rings (SSSR count). The normalized spacial score (nSPS) is 14.3. The molecule has 0 aromatic heterocycles. The second-order valence-corrected chi connectivity index (χ2v) is 6.87. The van der Waals surface area contributed by atoms with Crippen LogP contribution in [0.5, 0.6) is 0 Å². The average Bonchev–Trinajstić information content (AvgIpc) is 2.63. The lowest BCUT2D eigenvalue weighted by Crippen LogP contribution is -2.45. The fraction of sp³-hybridized carbons (Fsp3) is 0.409. The number of hydrogen-bond acceptors (Lipinski definition) is 3. The minimum atomic E-state index is -0.938. The fourth-order valence-electron chi connectivity index (χ4n) is 3.09. The monoisotopic (exact) mass is 357 g/mol. The first-order valence-electron chi connectivity index (χ1n) is 8.96. The molecule has 142 valence electrons. The number of likely N-dealkylation sites (N-methyl/N-ethyl adjacent to an activating group) is 1. The highest BCUT2D eigenvalue weighted by molar-refractivity contribution is 5.66. The molecule has 0 radical (unpaired) electrons. The van der Waals surface area contributed by atoms with E-state index in [2.05, 4.69) is 30.9 Å². The molecule has 0 saturated heterocycles. The van der Waals surface area contributed by atoms with Crippen molar-refractivity contribution in [2.24, 2.45) is 5.92 Å². The molecule has 26 heavy (non-hydrogen) atoms. The van der Waals surface area contributed by atoms with Gasteiger partial charge in [0.15, 0.2) is 0 Å². The van der Waals surface area contributed by atoms with Crippen LogP contribution in [-0.2, 0) is 10.4 Å². The van der Waals surface area contributed by atoms with E-state index in [1.54, 1.807) is 6.92 Å². The van der Waals surface area contributed by atoms with Crippen LogP contribution in [0.4, 0.5) is 0 Å². The van der Waals surface area contributed by atoms with Crippen molar-refractivity contribution in [3.63, 3.8) is 0 Å². The van der Waals surface area contributed by atoms with Crippen molar-refractivity contribution in [3.8, 4) is 0 Å². The van der Waals surface area contributed by atoms with Crippen molar-refractivity contribution in [1.29, 1.82) is 0 Å². The first kappa shape index (κ1) is 21.9. The van der Waals surface area contributed by atoms with E-state index in [4.69, 9.17) is 5.11 Å². The quantitative estimate of drug-likeness (QED) is 0.808. The zero-order valence-electron chi connectivity index (χ0n) is 16.4. The number of carbonyl (C=O) groups is 1. The van der Waals surface area contributed by atoms with Gasteiger partial charge in [0.2, 0.25) is 0 Å². The Hall–Kier alpha value is -2.17. The van der Waals surface area contributed by atoms with Crippen molar-refractivity contribution in [2.45, 2.75) is 38.8 Å². The van der Waals surface area contributed by atoms with Crippen molar-refractivity contribution >= 4 is 5.97 Å². The Morgan fingerprint density at radius 3 is 1.77 bits per heavy atom. The first-order valence-corrected chi connectivity index (χ1v) is 8.96. The molecule has 2 aromatic rings. The smallest absolute Gasteiger partial charge is 0.303 e. The number of nitrogens with zero attached hydrogens (tertiary/aromatic N) is 1. The number of rotatable bonds is 6. The van der Waals surface area contributed by atoms with E-state index in [9.17, 15) is 9.90 Å². The lowest BCUT2D eigenvalue weighted by atomic mass is 9.74. The summed E-state index contributed by atoms with van der Waals surface area (Å²) in [6.45, 7) is 5.75. The maximum Gasteiger partial charge on any atom is 0.303 e. The zero-order valence-corrected chi connectivity index (χ0v) is 16.4. The van der Waals surface area contributed by atoms with E-state index in [1.165, 1.54) is 0 Å². The summed E-state index contributed by atoms with van der Waals surface area (Å²) in [6.07, 6.45) is 0.222. The third-order valence-electron chi connectivity index (χ3n) is 4.47. The van der Waals surface area contributed by atoms with Gasteiger partial charge in [-0.1, -0.05) is 81.4 Å². The molecule has 0 aliphatic carbocycles. The third kappa shape index (κ3) is 5.41. The lowest BCUT2D eigenvalue weighted by Gasteiger charge is -2.43. The van der Waals surface area contributed by atoms with E-state index >= 15 is 0 Å². The van der Waals surface area contributed by atoms with Crippen molar-refractivity contribution in [1.82, 2.24) is 4.90 Å². The molecule has 2 unspecified atom stereocenters. The molecular weight excluding hydrogens is 326 g/mol. The van der Waals surface area contributed by atoms with Gasteiger partial charge in [-0.05, 0) is 31.1 Å². The van der Waals surface area contributed by atoms with Crippen molar-refractivity contribution in [3.05, 3.63) is 71.8 Å². The summed E-state index contributed by atoms with van der Waals surface area (Å²) in [5, 5.41) is 19.3. The zero-order chi connectivity index (χ0) is 19.7. The minimum absolute atomic E-state index is 0.0903. The van der Waals surface area contributed by atoms with Gasteiger partial charge in [-0.2, -0.15) is 0 Å². The van der Waals surface area contributed by atoms with Crippen LogP contribution < -0.4 is 0 Å². The largest absolute Gasteiger partial charge is 0.481 e. The highest BCUT2D eigenvalue weighted by Gasteiger charge is 2.43. The van der Waals surface area contributed by atoms with Gasteiger partial charge in [-0.3, -0.25) is 9.69 Å². The number of aliphatic hydroxyl groups is 1. The number of hydrogen-bond donors (Lipinski definition) is 2. The topological polar surface area (TPSA) is 60.8 Å². The van der Waals surface area contributed by atoms with Crippen molar-refractivity contribution < 1.29 is 15.0 Å². The Balaban J connectivity index is 0.000000597. The predicted molar refractivity (Wildman–Crippen MR) is 106 cm³/mol. The SMILES string of the molecule is CC(C)C(O)(c1ccccc1)C(c1ccccc1)N(C)C.CCC(=O)O. The van der Waals surface area contributed by atoms with Crippen LogP contribution in [0.15, 0.2) is 60.7 Å². The summed E-state index contributed by atoms with van der Waals surface area (Å²) < 4.78 is 0. The van der Waals surface area contributed by atoms with Gasteiger partial charge in [0.25, 0.3) is 0 Å². The number of benzene rings is 2. The molecule has 0 heterocycles. The molecule has 2 N–H and O–H groups in total. The summed E-state index contributed by atoms with van der Waals surface area (Å²) in [7, 11) is 4.04. The lowest BCUT2D eigenvalue weighted by molar-refractivity contribution is -0.136. The van der Waals surface area contributed by atoms with Gasteiger partial charge in [0, 0.05) is 6.42 Å². The van der Waals surface area contributed by atoms with Crippen LogP contribution in [0, 0.1) is 5.92 Å². The summed E-state index contributed by atoms with van der Waals surface area (Å²) >= 11 is 0. The third-order valence-corrected chi connectivity index (χ3v) is 4.47. The molecule has 0 bridgehead atoms. The molecule has 4 heteroatoms. The van der Waals surface area contributed by atoms with Gasteiger partial charge in [-0.15, -0.1) is 0 Å². The molecule has 0 fully saturated rings. The Morgan fingerprint density at radius 1 is 1.00 bits per heavy atom. The number of aliphatic carboxylic acids is 1. The summed E-state index contributed by atoms with van der Waals surface area (Å²) in [5.41, 5.74) is 1.15. The Bertz CT molecular complexity index is 656. The molecule has 0 aliphatic rings. The molecule has 0 saturated carbocycles. The van der Waals surface area contributed by atoms with Crippen molar-refractivity contribution in [2.75, 3.05) is 14.1 Å². The first-order chi connectivity index (χ1) is 12.2. The Morgan fingerprint density at radius 2 is 1.42 bits per heavy atom. The minimum Gasteiger partial charge on any atom is -0.481 e. The van der Waals surface area contributed by atoms with E-state index in [0.717, 1.165) is 11.1 Å². The molecular formula is C22H31NO3. The number of carboxylic acid groups (broad SMARTS) is 1. The van der Waals surface area contributed by atoms with Gasteiger partial charge in [-0.25, -0.2) is 0 Å². The molecule has 0 spiro atoms. The average molecular weight is 357 g/mol. The Kier molecular flexibility index (Phi) is 8.49. The van der Waals surface area contributed by atoms with Gasteiger partial charge in [0.05, 0.1) is 6.04 Å². The molecule has 0 amide bonds. The van der Waals surface area contributed by atoms with Gasteiger partial charge >= 0.3 is 5.97 Å². The Labute approximate surface area is 157 Å². The number of carboxylic acids is 1. The standard InChI is InChI=1S/C19H25NO.C3H6O2/c1-15(2)19(21,17-13-9-6-10-14-17)18(20(3)4)16-11-7-5-8-12-16;1-2-3(4)5/h5-15,18,21H,1-4H3;2H2,1H3,(H,4,5). The fourth-order valence-corrected chi connectivity index (χ4v) is 3.09. The summed E-state index contributed by atoms with van der Waals surface area (Å²) in [6, 6.07) is 20.1. The second-order valence-electron chi connectivity index (χ2n) is 6.87. The molecule has 2 atom stereocenters. The maximum absolute atomic E-state index is 11.6. The molecule has 2 aromatic carbocycles. The van der Waals surface area contributed by atoms with Crippen LogP contribution in [0.2, 0.25) is 0 Å². The van der Waals surface area contributed by atoms with Crippen LogP contribution in [-0.4, -0.2) is 35.2 Å². The maximum atomic E-state index is 11.6. The summed E-state index contributed by atoms with van der Waals surface area (Å²) in [4.78, 5) is 11.5. The van der Waals surface area contributed by atoms with Gasteiger partial charge < -0.3 is 10.2 Å². The predicted octanol–water partition coefficient (Wildman–Crippen LogP) is 4.31. The second kappa shape index (κ2) is 10.1. The molecule has 4 nitrogen and oxygen atoms in total. The van der Waals surface area contributed by atoms with Crippen LogP contribution >= 0.6 is 0 Å². The van der Waals surface area contributed by atoms with E-state index in [1.807, 2.05) is 62.6 Å². The van der Waals surface area contributed by atoms with Crippen LogP contribution in [0.1, 0.15) is 44.4 Å². The van der Waals surface area contributed by atoms with Crippen LogP contribution in [0.3, 0.4) is 0 Å². The van der Waals surface area contributed by atoms with E-state index in [0.29, 0.717) is 0 Å². The highest BCUT2D eigenvalue weighted by Crippen LogP contribution is 2.43. The summed E-state index contributed by atoms with van der Waals surface area (Å²) in [5.74, 6) is -0.655. The van der Waals surface area contributed by atoms with Crippen LogP contribution in [0.25, 0.3) is 0 Å². The van der Waals surface area contributed by atoms with E-state index < -0.39 is 11.6 Å². The van der Waals surface area contributed by atoms with Gasteiger partial charge in [0.1, 0.15) is 5.60 Å². The molecule has 0 aliphatic heterocycles. The highest BCUT2D eigenvalue weighted by atomic mass is 16.4.